The van der Waals surface area contributed by atoms with E-state index in [1.165, 1.54) is 17.2 Å². The third-order valence-corrected chi connectivity index (χ3v) is 7.75. The minimum Gasteiger partial charge on any atom is -0.483 e. The second kappa shape index (κ2) is 14.7. The summed E-state index contributed by atoms with van der Waals surface area (Å²) in [6.45, 7) is 1.76. The molecule has 12 heteroatoms. The van der Waals surface area contributed by atoms with Crippen LogP contribution in [0.15, 0.2) is 85.2 Å². The van der Waals surface area contributed by atoms with E-state index in [-0.39, 0.29) is 24.8 Å². The first-order valence-corrected chi connectivity index (χ1v) is 14.9. The second-order valence-electron chi connectivity index (χ2n) is 10.2. The van der Waals surface area contributed by atoms with Crippen LogP contribution in [0.25, 0.3) is 17.0 Å². The van der Waals surface area contributed by atoms with Gasteiger partial charge in [0, 0.05) is 41.5 Å². The highest BCUT2D eigenvalue weighted by Crippen LogP contribution is 2.40. The Morgan fingerprint density at radius 1 is 0.957 bits per heavy atom. The zero-order chi connectivity index (χ0) is 32.6. The van der Waals surface area contributed by atoms with Crippen LogP contribution < -0.4 is 25.4 Å². The topological polar surface area (TPSA) is 133 Å². The third kappa shape index (κ3) is 7.71. The molecule has 234 valence electrons. The zero-order valence-electron chi connectivity index (χ0n) is 25.0. The molecule has 3 heterocycles. The normalized spacial score (nSPS) is 11.0. The summed E-state index contributed by atoms with van der Waals surface area (Å²) in [6.07, 6.45) is 6.12. The monoisotopic (exact) mass is 656 g/mol. The van der Waals surface area contributed by atoms with E-state index in [1.807, 2.05) is 49.4 Å². The number of benzene rings is 2. The van der Waals surface area contributed by atoms with Crippen molar-refractivity contribution in [3.05, 3.63) is 118 Å². The van der Waals surface area contributed by atoms with Crippen LogP contribution >= 0.6 is 23.2 Å². The fourth-order valence-electron chi connectivity index (χ4n) is 4.51. The van der Waals surface area contributed by atoms with Gasteiger partial charge in [-0.15, -0.1) is 0 Å². The number of pyridine rings is 3. The van der Waals surface area contributed by atoms with Crippen molar-refractivity contribution in [2.24, 2.45) is 0 Å². The molecular formula is C34H30Cl2N6O4. The van der Waals surface area contributed by atoms with Gasteiger partial charge < -0.3 is 25.4 Å². The van der Waals surface area contributed by atoms with E-state index in [4.69, 9.17) is 43.4 Å². The molecule has 10 nitrogen and oxygen atoms in total. The van der Waals surface area contributed by atoms with Crippen molar-refractivity contribution in [1.82, 2.24) is 20.3 Å². The van der Waals surface area contributed by atoms with Crippen molar-refractivity contribution in [1.29, 1.82) is 0 Å². The molecule has 0 unspecified atom stereocenters. The largest absolute Gasteiger partial charge is 0.483 e. The third-order valence-electron chi connectivity index (χ3n) is 6.97. The quantitative estimate of drug-likeness (QED) is 0.161. The van der Waals surface area contributed by atoms with Gasteiger partial charge >= 0.3 is 0 Å². The van der Waals surface area contributed by atoms with Crippen molar-refractivity contribution in [3.8, 4) is 11.5 Å². The van der Waals surface area contributed by atoms with Crippen LogP contribution in [0, 0.1) is 6.92 Å². The summed E-state index contributed by atoms with van der Waals surface area (Å²) >= 11 is 13.4. The number of likely N-dealkylation sites (N-methyl/N-ethyl adjacent to an activating group) is 1. The van der Waals surface area contributed by atoms with Gasteiger partial charge in [0.05, 0.1) is 34.2 Å². The Bertz CT molecular complexity index is 1900. The Labute approximate surface area is 275 Å². The minimum absolute atomic E-state index is 0.0319. The fraction of sp³-hybridized carbons (Fsp3) is 0.147. The molecule has 2 aromatic carbocycles. The number of carbonyl (C=O) groups is 2. The fourth-order valence-corrected chi connectivity index (χ4v) is 5.11. The maximum absolute atomic E-state index is 13.0. The standard InChI is InChI=1S/C34H30Cl2N6O4/c1-21-33(34(24-8-3-4-9-27(24)41-21)45-19-23-7-5-6-16-38-23)46-20-25-26(35)12-13-28(32(25)36)42(2)31(44)18-40-30(43)15-11-22-10-14-29(37)39-17-22/h3-17H,18-20H2,1-2H3,(H2,37,39)(H,40,43). The summed E-state index contributed by atoms with van der Waals surface area (Å²) < 4.78 is 12.6. The molecule has 2 amide bonds. The Balaban J connectivity index is 1.31. The molecule has 0 aliphatic heterocycles. The van der Waals surface area contributed by atoms with Crippen molar-refractivity contribution < 1.29 is 19.1 Å². The molecule has 5 rings (SSSR count). The molecule has 0 radical (unpaired) electrons. The van der Waals surface area contributed by atoms with Crippen LogP contribution in [0.5, 0.6) is 11.5 Å². The van der Waals surface area contributed by atoms with E-state index in [0.717, 1.165) is 16.6 Å². The van der Waals surface area contributed by atoms with Gasteiger partial charge in [0.15, 0.2) is 11.5 Å². The molecule has 0 saturated carbocycles. The van der Waals surface area contributed by atoms with Crippen molar-refractivity contribution >= 4 is 63.5 Å². The van der Waals surface area contributed by atoms with Crippen LogP contribution in [0.2, 0.25) is 10.0 Å². The molecule has 3 N–H and O–H groups in total. The van der Waals surface area contributed by atoms with Gasteiger partial charge in [0.1, 0.15) is 19.0 Å². The SMILES string of the molecule is Cc1nc2ccccc2c(OCc2ccccn2)c1OCc1c(Cl)ccc(N(C)C(=O)CNC(=O)C=Cc2ccc(N)nc2)c1Cl. The molecule has 0 spiro atoms. The van der Waals surface area contributed by atoms with E-state index in [0.29, 0.717) is 44.8 Å². The molecule has 0 bridgehead atoms. The zero-order valence-corrected chi connectivity index (χ0v) is 26.5. The smallest absolute Gasteiger partial charge is 0.246 e. The predicted octanol–water partition coefficient (Wildman–Crippen LogP) is 6.17. The second-order valence-corrected chi connectivity index (χ2v) is 10.9. The lowest BCUT2D eigenvalue weighted by Crippen LogP contribution is -2.37. The van der Waals surface area contributed by atoms with Gasteiger partial charge in [-0.1, -0.05) is 41.4 Å². The number of aromatic nitrogens is 3. The maximum Gasteiger partial charge on any atom is 0.246 e. The minimum atomic E-state index is -0.449. The number of fused-ring (bicyclic) bond motifs is 1. The molecule has 5 aromatic rings. The summed E-state index contributed by atoms with van der Waals surface area (Å²) in [6, 6.07) is 19.8. The van der Waals surface area contributed by atoms with Crippen molar-refractivity contribution in [2.75, 3.05) is 24.2 Å². The van der Waals surface area contributed by atoms with Gasteiger partial charge in [-0.25, -0.2) is 9.97 Å². The number of aryl methyl sites for hydroxylation is 1. The van der Waals surface area contributed by atoms with E-state index >= 15 is 0 Å². The Morgan fingerprint density at radius 3 is 2.50 bits per heavy atom. The maximum atomic E-state index is 13.0. The first-order valence-electron chi connectivity index (χ1n) is 14.2. The Morgan fingerprint density at radius 2 is 1.74 bits per heavy atom. The van der Waals surface area contributed by atoms with Crippen LogP contribution in [0.3, 0.4) is 0 Å². The molecule has 0 aliphatic rings. The highest BCUT2D eigenvalue weighted by atomic mass is 35.5. The van der Waals surface area contributed by atoms with Gasteiger partial charge in [-0.05, 0) is 67.1 Å². The summed E-state index contributed by atoms with van der Waals surface area (Å²) in [5.41, 5.74) is 9.26. The van der Waals surface area contributed by atoms with Crippen LogP contribution in [0.4, 0.5) is 11.5 Å². The lowest BCUT2D eigenvalue weighted by atomic mass is 10.1. The summed E-state index contributed by atoms with van der Waals surface area (Å²) in [5.74, 6) is 0.480. The van der Waals surface area contributed by atoms with Crippen molar-refractivity contribution in [3.63, 3.8) is 0 Å². The van der Waals surface area contributed by atoms with Gasteiger partial charge in [-0.2, -0.15) is 0 Å². The number of carbonyl (C=O) groups excluding carboxylic acids is 2. The number of ether oxygens (including phenoxy) is 2. The predicted molar refractivity (Wildman–Crippen MR) is 180 cm³/mol. The average molecular weight is 658 g/mol. The lowest BCUT2D eigenvalue weighted by molar-refractivity contribution is -0.122. The number of rotatable bonds is 11. The van der Waals surface area contributed by atoms with E-state index < -0.39 is 11.8 Å². The Kier molecular flexibility index (Phi) is 10.3. The van der Waals surface area contributed by atoms with Crippen LogP contribution in [-0.2, 0) is 22.8 Å². The van der Waals surface area contributed by atoms with E-state index in [2.05, 4.69) is 15.3 Å². The highest BCUT2D eigenvalue weighted by Gasteiger charge is 2.21. The summed E-state index contributed by atoms with van der Waals surface area (Å²) in [5, 5.41) is 3.94. The van der Waals surface area contributed by atoms with Crippen molar-refractivity contribution in [2.45, 2.75) is 20.1 Å². The lowest BCUT2D eigenvalue weighted by Gasteiger charge is -2.22. The number of amides is 2. The molecule has 0 aliphatic carbocycles. The van der Waals surface area contributed by atoms with Crippen LogP contribution in [-0.4, -0.2) is 40.4 Å². The first kappa shape index (κ1) is 32.2. The number of nitrogens with zero attached hydrogens (tertiary/aromatic N) is 4. The number of hydrogen-bond donors (Lipinski definition) is 2. The highest BCUT2D eigenvalue weighted by molar-refractivity contribution is 6.38. The average Bonchev–Trinajstić information content (AvgIpc) is 3.06. The van der Waals surface area contributed by atoms with Crippen LogP contribution in [0.1, 0.15) is 22.5 Å². The summed E-state index contributed by atoms with van der Waals surface area (Å²) in [4.78, 5) is 39.7. The number of nitrogen functional groups attached to an aromatic ring is 1. The van der Waals surface area contributed by atoms with E-state index in [1.54, 1.807) is 43.6 Å². The molecule has 0 fully saturated rings. The Hall–Kier alpha value is -5.19. The molecule has 3 aromatic heterocycles. The number of hydrogen-bond acceptors (Lipinski definition) is 8. The van der Waals surface area contributed by atoms with E-state index in [9.17, 15) is 9.59 Å². The number of anilines is 2. The summed E-state index contributed by atoms with van der Waals surface area (Å²) in [7, 11) is 1.56. The molecule has 0 atom stereocenters. The molecular weight excluding hydrogens is 627 g/mol. The van der Waals surface area contributed by atoms with Gasteiger partial charge in [-0.3, -0.25) is 14.6 Å². The number of nitrogens with two attached hydrogens (primary N) is 1. The number of halogens is 2. The molecule has 0 saturated heterocycles. The van der Waals surface area contributed by atoms with Gasteiger partial charge in [0.2, 0.25) is 11.8 Å². The van der Waals surface area contributed by atoms with Gasteiger partial charge in [0.25, 0.3) is 0 Å². The number of nitrogens with one attached hydrogen (secondary N) is 1. The first-order chi connectivity index (χ1) is 22.2. The number of para-hydroxylation sites is 1. The molecule has 46 heavy (non-hydrogen) atoms.